The van der Waals surface area contributed by atoms with Crippen LogP contribution in [0.1, 0.15) is 11.3 Å². The van der Waals surface area contributed by atoms with Crippen LogP contribution in [0.15, 0.2) is 30.5 Å². The molecular formula is C16H18FN7. The van der Waals surface area contributed by atoms with Gasteiger partial charge in [0.15, 0.2) is 17.5 Å². The van der Waals surface area contributed by atoms with Crippen LogP contribution < -0.4 is 16.0 Å². The molecule has 0 bridgehead atoms. The van der Waals surface area contributed by atoms with Gasteiger partial charge in [-0.15, -0.1) is 0 Å². The number of nitrogens with one attached hydrogen (secondary N) is 2. The maximum Gasteiger partial charge on any atom is 0.229 e. The predicted octanol–water partition coefficient (Wildman–Crippen LogP) is 3.05. The van der Waals surface area contributed by atoms with Gasteiger partial charge in [0.2, 0.25) is 5.95 Å². The molecule has 7 nitrogen and oxygen atoms in total. The highest BCUT2D eigenvalue weighted by Gasteiger charge is 2.15. The molecule has 3 aromatic rings. The molecule has 0 radical (unpaired) electrons. The molecule has 1 aromatic carbocycles. The Kier molecular flexibility index (Phi) is 4.03. The molecule has 0 atom stereocenters. The first kappa shape index (κ1) is 15.7. The summed E-state index contributed by atoms with van der Waals surface area (Å²) < 4.78 is 14.1. The molecule has 4 N–H and O–H groups in total. The van der Waals surface area contributed by atoms with E-state index in [0.717, 1.165) is 23.1 Å². The van der Waals surface area contributed by atoms with E-state index in [4.69, 9.17) is 5.73 Å². The monoisotopic (exact) mass is 327 g/mol. The standard InChI is InChI=1S/C16H18FN7/c1-9-4-5-11(18)7-13(9)20-16-19-8-12(17)15(21-16)24(3)14-6-10(2)22-23-14/h4-8H,18H2,1-3H3,(H,22,23)(H,19,20,21). The van der Waals surface area contributed by atoms with Crippen molar-refractivity contribution >= 4 is 29.0 Å². The normalized spacial score (nSPS) is 10.7. The minimum Gasteiger partial charge on any atom is -0.399 e. The molecule has 124 valence electrons. The van der Waals surface area contributed by atoms with Crippen molar-refractivity contribution in [3.05, 3.63) is 47.5 Å². The molecule has 3 rings (SSSR count). The van der Waals surface area contributed by atoms with Crippen LogP contribution in [0.4, 0.5) is 33.3 Å². The van der Waals surface area contributed by atoms with Gasteiger partial charge in [-0.25, -0.2) is 9.37 Å². The lowest BCUT2D eigenvalue weighted by atomic mass is 10.2. The number of aryl methyl sites for hydroxylation is 2. The molecule has 2 aromatic heterocycles. The maximum atomic E-state index is 14.1. The number of anilines is 5. The lowest BCUT2D eigenvalue weighted by Gasteiger charge is -2.17. The van der Waals surface area contributed by atoms with E-state index in [2.05, 4.69) is 25.5 Å². The number of benzene rings is 1. The van der Waals surface area contributed by atoms with E-state index in [1.54, 1.807) is 24.1 Å². The SMILES string of the molecule is Cc1cc(N(C)c2nc(Nc3cc(N)ccc3C)ncc2F)n[nH]1. The van der Waals surface area contributed by atoms with Gasteiger partial charge in [-0.05, 0) is 31.5 Å². The molecule has 0 saturated heterocycles. The molecule has 0 aliphatic carbocycles. The molecule has 0 amide bonds. The number of hydrogen-bond donors (Lipinski definition) is 3. The van der Waals surface area contributed by atoms with Crippen LogP contribution >= 0.6 is 0 Å². The second-order valence-corrected chi connectivity index (χ2v) is 5.53. The summed E-state index contributed by atoms with van der Waals surface area (Å²) in [5, 5.41) is 10.00. The molecule has 24 heavy (non-hydrogen) atoms. The van der Waals surface area contributed by atoms with E-state index in [-0.39, 0.29) is 11.8 Å². The number of hydrogen-bond acceptors (Lipinski definition) is 6. The van der Waals surface area contributed by atoms with E-state index >= 15 is 0 Å². The molecule has 0 aliphatic rings. The number of nitrogens with zero attached hydrogens (tertiary/aromatic N) is 4. The molecular weight excluding hydrogens is 309 g/mol. The van der Waals surface area contributed by atoms with Gasteiger partial charge in [0, 0.05) is 30.2 Å². The molecule has 0 fully saturated rings. The Balaban J connectivity index is 1.92. The molecule has 0 spiro atoms. The van der Waals surface area contributed by atoms with Crippen molar-refractivity contribution in [1.82, 2.24) is 20.2 Å². The lowest BCUT2D eigenvalue weighted by Crippen LogP contribution is -2.15. The Morgan fingerprint density at radius 3 is 2.75 bits per heavy atom. The van der Waals surface area contributed by atoms with E-state index in [1.165, 1.54) is 0 Å². The first-order valence-corrected chi connectivity index (χ1v) is 7.35. The maximum absolute atomic E-state index is 14.1. The largest absolute Gasteiger partial charge is 0.399 e. The highest BCUT2D eigenvalue weighted by molar-refractivity contribution is 5.65. The summed E-state index contributed by atoms with van der Waals surface area (Å²) in [4.78, 5) is 9.80. The number of halogens is 1. The Morgan fingerprint density at radius 2 is 2.04 bits per heavy atom. The van der Waals surface area contributed by atoms with Gasteiger partial charge in [0.1, 0.15) is 0 Å². The smallest absolute Gasteiger partial charge is 0.229 e. The molecule has 0 aliphatic heterocycles. The van der Waals surface area contributed by atoms with Crippen LogP contribution in [0.3, 0.4) is 0 Å². The average Bonchev–Trinajstić information content (AvgIpc) is 2.98. The summed E-state index contributed by atoms with van der Waals surface area (Å²) in [7, 11) is 1.69. The highest BCUT2D eigenvalue weighted by atomic mass is 19.1. The van der Waals surface area contributed by atoms with Crippen LogP contribution in [0.5, 0.6) is 0 Å². The Bertz CT molecular complexity index is 875. The summed E-state index contributed by atoms with van der Waals surface area (Å²) in [6.45, 7) is 3.81. The summed E-state index contributed by atoms with van der Waals surface area (Å²) >= 11 is 0. The third kappa shape index (κ3) is 3.12. The summed E-state index contributed by atoms with van der Waals surface area (Å²) in [6.07, 6.45) is 1.13. The lowest BCUT2D eigenvalue weighted by molar-refractivity contribution is 0.614. The zero-order chi connectivity index (χ0) is 17.3. The Labute approximate surface area is 138 Å². The van der Waals surface area contributed by atoms with Gasteiger partial charge in [-0.1, -0.05) is 6.07 Å². The molecule has 0 saturated carbocycles. The summed E-state index contributed by atoms with van der Waals surface area (Å²) in [5.41, 5.74) is 9.05. The second kappa shape index (κ2) is 6.15. The van der Waals surface area contributed by atoms with Crippen LogP contribution in [0, 0.1) is 19.7 Å². The van der Waals surface area contributed by atoms with Gasteiger partial charge in [0.05, 0.1) is 6.20 Å². The van der Waals surface area contributed by atoms with Crippen LogP contribution in [0.25, 0.3) is 0 Å². The minimum absolute atomic E-state index is 0.126. The van der Waals surface area contributed by atoms with Gasteiger partial charge in [-0.3, -0.25) is 5.10 Å². The summed E-state index contributed by atoms with van der Waals surface area (Å²) in [5.74, 6) is 0.434. The van der Waals surface area contributed by atoms with Gasteiger partial charge >= 0.3 is 0 Å². The van der Waals surface area contributed by atoms with Crippen molar-refractivity contribution in [2.45, 2.75) is 13.8 Å². The fourth-order valence-electron chi connectivity index (χ4n) is 2.23. The molecule has 0 unspecified atom stereocenters. The first-order chi connectivity index (χ1) is 11.4. The van der Waals surface area contributed by atoms with E-state index in [0.29, 0.717) is 11.5 Å². The quantitative estimate of drug-likeness (QED) is 0.637. The number of rotatable bonds is 4. The number of nitrogen functional groups attached to an aromatic ring is 1. The third-order valence-corrected chi connectivity index (χ3v) is 3.59. The predicted molar refractivity (Wildman–Crippen MR) is 92.3 cm³/mol. The molecule has 2 heterocycles. The minimum atomic E-state index is -0.534. The fraction of sp³-hybridized carbons (Fsp3) is 0.188. The Morgan fingerprint density at radius 1 is 1.25 bits per heavy atom. The van der Waals surface area contributed by atoms with Crippen molar-refractivity contribution in [3.63, 3.8) is 0 Å². The number of aromatic nitrogens is 4. The van der Waals surface area contributed by atoms with E-state index in [9.17, 15) is 4.39 Å². The third-order valence-electron chi connectivity index (χ3n) is 3.59. The number of H-pyrrole nitrogens is 1. The molecule has 8 heteroatoms. The number of nitrogens with two attached hydrogens (primary N) is 1. The fourth-order valence-corrected chi connectivity index (χ4v) is 2.23. The highest BCUT2D eigenvalue weighted by Crippen LogP contribution is 2.26. The van der Waals surface area contributed by atoms with E-state index in [1.807, 2.05) is 26.0 Å². The van der Waals surface area contributed by atoms with Crippen LogP contribution in [-0.2, 0) is 0 Å². The van der Waals surface area contributed by atoms with Crippen LogP contribution in [-0.4, -0.2) is 27.2 Å². The van der Waals surface area contributed by atoms with Crippen molar-refractivity contribution in [3.8, 4) is 0 Å². The Hall–Kier alpha value is -3.16. The second-order valence-electron chi connectivity index (χ2n) is 5.53. The van der Waals surface area contributed by atoms with Gasteiger partial charge in [0.25, 0.3) is 0 Å². The first-order valence-electron chi connectivity index (χ1n) is 7.35. The van der Waals surface area contributed by atoms with Crippen molar-refractivity contribution in [2.75, 3.05) is 23.0 Å². The number of aromatic amines is 1. The van der Waals surface area contributed by atoms with Crippen molar-refractivity contribution in [1.29, 1.82) is 0 Å². The van der Waals surface area contributed by atoms with Crippen molar-refractivity contribution in [2.24, 2.45) is 0 Å². The van der Waals surface area contributed by atoms with Gasteiger partial charge in [-0.2, -0.15) is 10.1 Å². The average molecular weight is 327 g/mol. The topological polar surface area (TPSA) is 95.8 Å². The van der Waals surface area contributed by atoms with E-state index < -0.39 is 5.82 Å². The van der Waals surface area contributed by atoms with Gasteiger partial charge < -0.3 is 16.0 Å². The van der Waals surface area contributed by atoms with Crippen LogP contribution in [0.2, 0.25) is 0 Å². The zero-order valence-corrected chi connectivity index (χ0v) is 13.6. The van der Waals surface area contributed by atoms with Crippen molar-refractivity contribution < 1.29 is 4.39 Å². The summed E-state index contributed by atoms with van der Waals surface area (Å²) in [6, 6.07) is 7.28. The zero-order valence-electron chi connectivity index (χ0n) is 13.6.